The summed E-state index contributed by atoms with van der Waals surface area (Å²) < 4.78 is 10.5. The lowest BCUT2D eigenvalue weighted by molar-refractivity contribution is 0.0955. The molecule has 6 nitrogen and oxygen atoms in total. The third-order valence-corrected chi connectivity index (χ3v) is 5.29. The zero-order valence-electron chi connectivity index (χ0n) is 17.6. The first-order valence-electron chi connectivity index (χ1n) is 9.77. The van der Waals surface area contributed by atoms with Crippen LogP contribution in [0.5, 0.6) is 11.5 Å². The van der Waals surface area contributed by atoms with E-state index in [1.807, 2.05) is 18.2 Å². The first-order chi connectivity index (χ1) is 15.4. The van der Waals surface area contributed by atoms with E-state index in [4.69, 9.17) is 32.7 Å². The molecule has 3 rings (SSSR count). The van der Waals surface area contributed by atoms with Gasteiger partial charge in [-0.3, -0.25) is 9.59 Å². The Balaban J connectivity index is 1.66. The largest absolute Gasteiger partial charge is 0.493 e. The van der Waals surface area contributed by atoms with Crippen molar-refractivity contribution in [3.05, 3.63) is 87.4 Å². The summed E-state index contributed by atoms with van der Waals surface area (Å²) in [7, 11) is 3.15. The van der Waals surface area contributed by atoms with Gasteiger partial charge < -0.3 is 20.1 Å². The number of benzene rings is 3. The number of nitrogens with one attached hydrogen (secondary N) is 2. The Kier molecular flexibility index (Phi) is 7.98. The van der Waals surface area contributed by atoms with E-state index >= 15 is 0 Å². The number of amides is 2. The van der Waals surface area contributed by atoms with Crippen molar-refractivity contribution in [2.24, 2.45) is 0 Å². The van der Waals surface area contributed by atoms with Crippen LogP contribution in [0.15, 0.2) is 60.7 Å². The molecule has 0 heterocycles. The fourth-order valence-electron chi connectivity index (χ4n) is 3.11. The van der Waals surface area contributed by atoms with Crippen molar-refractivity contribution in [2.45, 2.75) is 6.42 Å². The van der Waals surface area contributed by atoms with Gasteiger partial charge in [-0.25, -0.2) is 0 Å². The number of hydrogen-bond acceptors (Lipinski definition) is 4. The van der Waals surface area contributed by atoms with Gasteiger partial charge in [-0.05, 0) is 54.4 Å². The van der Waals surface area contributed by atoms with Gasteiger partial charge in [0.05, 0.1) is 36.1 Å². The SMILES string of the molecule is COc1ccc(CCNC(=O)c2ccccc2NC(=O)c2ccc(Cl)cc2Cl)cc1OC. The lowest BCUT2D eigenvalue weighted by Gasteiger charge is -2.13. The average Bonchev–Trinajstić information content (AvgIpc) is 2.79. The second kappa shape index (κ2) is 10.9. The molecular weight excluding hydrogens is 451 g/mol. The Morgan fingerprint density at radius 2 is 1.59 bits per heavy atom. The zero-order valence-corrected chi connectivity index (χ0v) is 19.1. The molecule has 0 aliphatic carbocycles. The van der Waals surface area contributed by atoms with Gasteiger partial charge in [0.25, 0.3) is 11.8 Å². The first kappa shape index (κ1) is 23.4. The van der Waals surface area contributed by atoms with E-state index in [1.54, 1.807) is 44.6 Å². The Hall–Kier alpha value is -3.22. The van der Waals surface area contributed by atoms with Crippen molar-refractivity contribution in [1.29, 1.82) is 0 Å². The predicted octanol–water partition coefficient (Wildman–Crippen LogP) is 5.24. The molecule has 0 aliphatic heterocycles. The second-order valence-corrected chi connectivity index (χ2v) is 7.66. The molecule has 0 aromatic heterocycles. The molecular formula is C24H22Cl2N2O4. The molecule has 32 heavy (non-hydrogen) atoms. The monoisotopic (exact) mass is 472 g/mol. The summed E-state index contributed by atoms with van der Waals surface area (Å²) >= 11 is 12.0. The molecule has 0 unspecified atom stereocenters. The van der Waals surface area contributed by atoms with Gasteiger partial charge in [0.1, 0.15) is 0 Å². The molecule has 3 aromatic carbocycles. The van der Waals surface area contributed by atoms with Crippen LogP contribution < -0.4 is 20.1 Å². The highest BCUT2D eigenvalue weighted by Gasteiger charge is 2.16. The van der Waals surface area contributed by atoms with Crippen LogP contribution >= 0.6 is 23.2 Å². The average molecular weight is 473 g/mol. The quantitative estimate of drug-likeness (QED) is 0.470. The topological polar surface area (TPSA) is 76.7 Å². The van der Waals surface area contributed by atoms with Gasteiger partial charge in [-0.15, -0.1) is 0 Å². The molecule has 0 aliphatic rings. The van der Waals surface area contributed by atoms with Crippen LogP contribution in [0, 0.1) is 0 Å². The third-order valence-electron chi connectivity index (χ3n) is 4.74. The van der Waals surface area contributed by atoms with Crippen LogP contribution in [0.3, 0.4) is 0 Å². The number of ether oxygens (including phenoxy) is 2. The van der Waals surface area contributed by atoms with E-state index in [2.05, 4.69) is 10.6 Å². The molecule has 0 fully saturated rings. The minimum absolute atomic E-state index is 0.229. The van der Waals surface area contributed by atoms with Crippen LogP contribution in [0.25, 0.3) is 0 Å². The molecule has 2 N–H and O–H groups in total. The summed E-state index contributed by atoms with van der Waals surface area (Å²) in [4.78, 5) is 25.4. The van der Waals surface area contributed by atoms with E-state index in [0.717, 1.165) is 5.56 Å². The standard InChI is InChI=1S/C24H22Cl2N2O4/c1-31-21-10-7-15(13-22(21)32-2)11-12-27-23(29)18-5-3-4-6-20(18)28-24(30)17-9-8-16(25)14-19(17)26/h3-10,13-14H,11-12H2,1-2H3,(H,27,29)(H,28,30). The highest BCUT2D eigenvalue weighted by molar-refractivity contribution is 6.37. The molecule has 0 atom stereocenters. The van der Waals surface area contributed by atoms with E-state index in [9.17, 15) is 9.59 Å². The van der Waals surface area contributed by atoms with Crippen LogP contribution in [0.4, 0.5) is 5.69 Å². The zero-order chi connectivity index (χ0) is 23.1. The van der Waals surface area contributed by atoms with Crippen LogP contribution in [0.2, 0.25) is 10.0 Å². The highest BCUT2D eigenvalue weighted by Crippen LogP contribution is 2.27. The molecule has 0 bridgehead atoms. The van der Waals surface area contributed by atoms with Crippen LogP contribution in [-0.2, 0) is 6.42 Å². The summed E-state index contributed by atoms with van der Waals surface area (Å²) in [5.41, 5.74) is 1.98. The van der Waals surface area contributed by atoms with Crippen molar-refractivity contribution in [3.63, 3.8) is 0 Å². The lowest BCUT2D eigenvalue weighted by Crippen LogP contribution is -2.27. The van der Waals surface area contributed by atoms with Gasteiger partial charge in [0, 0.05) is 11.6 Å². The summed E-state index contributed by atoms with van der Waals surface area (Å²) in [5.74, 6) is 0.539. The van der Waals surface area contributed by atoms with Gasteiger partial charge >= 0.3 is 0 Å². The molecule has 0 saturated heterocycles. The molecule has 2 amide bonds. The van der Waals surface area contributed by atoms with E-state index < -0.39 is 5.91 Å². The van der Waals surface area contributed by atoms with Crippen molar-refractivity contribution in [1.82, 2.24) is 5.32 Å². The van der Waals surface area contributed by atoms with E-state index in [-0.39, 0.29) is 16.5 Å². The van der Waals surface area contributed by atoms with Crippen molar-refractivity contribution >= 4 is 40.7 Å². The third kappa shape index (κ3) is 5.72. The maximum Gasteiger partial charge on any atom is 0.257 e. The Morgan fingerprint density at radius 3 is 2.31 bits per heavy atom. The Labute approximate surface area is 196 Å². The first-order valence-corrected chi connectivity index (χ1v) is 10.5. The fourth-order valence-corrected chi connectivity index (χ4v) is 3.60. The smallest absolute Gasteiger partial charge is 0.257 e. The number of hydrogen-bond donors (Lipinski definition) is 2. The summed E-state index contributed by atoms with van der Waals surface area (Å²) in [6.07, 6.45) is 0.598. The number of halogens is 2. The Bertz CT molecular complexity index is 1130. The number of anilines is 1. The van der Waals surface area contributed by atoms with Gasteiger partial charge in [0.2, 0.25) is 0 Å². The highest BCUT2D eigenvalue weighted by atomic mass is 35.5. The minimum atomic E-state index is -0.433. The lowest BCUT2D eigenvalue weighted by atomic mass is 10.1. The summed E-state index contributed by atoms with van der Waals surface area (Å²) in [6, 6.07) is 17.0. The van der Waals surface area contributed by atoms with E-state index in [0.29, 0.717) is 40.7 Å². The van der Waals surface area contributed by atoms with Gasteiger partial charge in [0.15, 0.2) is 11.5 Å². The molecule has 0 radical (unpaired) electrons. The minimum Gasteiger partial charge on any atom is -0.493 e. The number of carbonyl (C=O) groups is 2. The Morgan fingerprint density at radius 1 is 0.844 bits per heavy atom. The normalized spacial score (nSPS) is 10.4. The summed E-state index contributed by atoms with van der Waals surface area (Å²) in [6.45, 7) is 0.402. The van der Waals surface area contributed by atoms with Crippen LogP contribution in [-0.4, -0.2) is 32.6 Å². The van der Waals surface area contributed by atoms with Gasteiger partial charge in [-0.1, -0.05) is 41.4 Å². The molecule has 3 aromatic rings. The van der Waals surface area contributed by atoms with Gasteiger partial charge in [-0.2, -0.15) is 0 Å². The molecule has 8 heteroatoms. The predicted molar refractivity (Wildman–Crippen MR) is 126 cm³/mol. The second-order valence-electron chi connectivity index (χ2n) is 6.82. The number of para-hydroxylation sites is 1. The number of methoxy groups -OCH3 is 2. The fraction of sp³-hybridized carbons (Fsp3) is 0.167. The molecule has 0 saturated carbocycles. The number of rotatable bonds is 8. The van der Waals surface area contributed by atoms with Crippen LogP contribution in [0.1, 0.15) is 26.3 Å². The maximum atomic E-state index is 12.8. The summed E-state index contributed by atoms with van der Waals surface area (Å²) in [5, 5.41) is 6.29. The van der Waals surface area contributed by atoms with E-state index in [1.165, 1.54) is 12.1 Å². The number of carbonyl (C=O) groups excluding carboxylic acids is 2. The van der Waals surface area contributed by atoms with Crippen molar-refractivity contribution in [2.75, 3.05) is 26.1 Å². The molecule has 166 valence electrons. The van der Waals surface area contributed by atoms with Crippen molar-refractivity contribution in [3.8, 4) is 11.5 Å². The van der Waals surface area contributed by atoms with Crippen molar-refractivity contribution < 1.29 is 19.1 Å². The maximum absolute atomic E-state index is 12.8. The molecule has 0 spiro atoms.